The molecular weight excluding hydrogens is 164 g/mol. The first-order valence-electron chi connectivity index (χ1n) is 5.18. The van der Waals surface area contributed by atoms with Crippen molar-refractivity contribution >= 4 is 0 Å². The second-order valence-electron chi connectivity index (χ2n) is 4.34. The van der Waals surface area contributed by atoms with Crippen LogP contribution >= 0.6 is 0 Å². The Hall–Kier alpha value is -0.340. The largest absolute Gasteiger partial charge is 0.345 e. The minimum atomic E-state index is -0.361. The topological polar surface area (TPSA) is 18.5 Å². The van der Waals surface area contributed by atoms with E-state index in [0.717, 1.165) is 25.7 Å². The molecule has 2 heteroatoms. The molecule has 2 atom stereocenters. The van der Waals surface area contributed by atoms with Crippen molar-refractivity contribution in [3.8, 4) is 0 Å². The summed E-state index contributed by atoms with van der Waals surface area (Å²) in [4.78, 5) is 0. The molecule has 74 valence electrons. The molecule has 1 aliphatic carbocycles. The average Bonchev–Trinajstić information content (AvgIpc) is 2.27. The van der Waals surface area contributed by atoms with Gasteiger partial charge in [0.05, 0.1) is 12.2 Å². The van der Waals surface area contributed by atoms with Crippen LogP contribution in [0.15, 0.2) is 12.2 Å². The molecular formula is C11H18O2. The third-order valence-electron chi connectivity index (χ3n) is 2.69. The molecule has 1 heterocycles. The quantitative estimate of drug-likeness (QED) is 0.536. The fraction of sp³-hybridized carbons (Fsp3) is 0.818. The van der Waals surface area contributed by atoms with E-state index in [2.05, 4.69) is 12.2 Å². The number of allylic oxidation sites excluding steroid dienone is 2. The third kappa shape index (κ3) is 2.12. The second-order valence-corrected chi connectivity index (χ2v) is 4.34. The van der Waals surface area contributed by atoms with Gasteiger partial charge < -0.3 is 9.47 Å². The highest BCUT2D eigenvalue weighted by molar-refractivity contribution is 4.91. The van der Waals surface area contributed by atoms with Gasteiger partial charge in [-0.05, 0) is 39.5 Å². The molecule has 0 aromatic rings. The van der Waals surface area contributed by atoms with Gasteiger partial charge in [-0.25, -0.2) is 0 Å². The third-order valence-corrected chi connectivity index (χ3v) is 2.69. The minimum Gasteiger partial charge on any atom is -0.345 e. The van der Waals surface area contributed by atoms with Crippen LogP contribution in [-0.4, -0.2) is 18.0 Å². The van der Waals surface area contributed by atoms with Crippen molar-refractivity contribution in [2.45, 2.75) is 57.5 Å². The van der Waals surface area contributed by atoms with E-state index in [1.54, 1.807) is 0 Å². The number of hydrogen-bond donors (Lipinski definition) is 0. The Labute approximate surface area is 79.9 Å². The van der Waals surface area contributed by atoms with Crippen LogP contribution in [0.2, 0.25) is 0 Å². The summed E-state index contributed by atoms with van der Waals surface area (Å²) < 4.78 is 11.7. The average molecular weight is 182 g/mol. The zero-order chi connectivity index (χ0) is 9.31. The van der Waals surface area contributed by atoms with Gasteiger partial charge in [-0.2, -0.15) is 0 Å². The van der Waals surface area contributed by atoms with Gasteiger partial charge in [0.1, 0.15) is 0 Å². The Morgan fingerprint density at radius 2 is 1.46 bits per heavy atom. The van der Waals surface area contributed by atoms with E-state index in [1.807, 2.05) is 13.8 Å². The fourth-order valence-corrected chi connectivity index (χ4v) is 2.15. The minimum absolute atomic E-state index is 0.319. The Balaban J connectivity index is 2.03. The van der Waals surface area contributed by atoms with Crippen molar-refractivity contribution < 1.29 is 9.47 Å². The van der Waals surface area contributed by atoms with Crippen LogP contribution in [0.3, 0.4) is 0 Å². The highest BCUT2D eigenvalue weighted by atomic mass is 16.7. The smallest absolute Gasteiger partial charge is 0.163 e. The zero-order valence-electron chi connectivity index (χ0n) is 8.45. The number of fused-ring (bicyclic) bond motifs is 1. The highest BCUT2D eigenvalue weighted by Crippen LogP contribution is 2.33. The van der Waals surface area contributed by atoms with Crippen LogP contribution < -0.4 is 0 Å². The van der Waals surface area contributed by atoms with Crippen LogP contribution in [0.5, 0.6) is 0 Å². The van der Waals surface area contributed by atoms with Gasteiger partial charge in [-0.15, -0.1) is 0 Å². The summed E-state index contributed by atoms with van der Waals surface area (Å²) >= 11 is 0. The summed E-state index contributed by atoms with van der Waals surface area (Å²) in [5.41, 5.74) is 0. The molecule has 0 radical (unpaired) electrons. The van der Waals surface area contributed by atoms with Gasteiger partial charge in [0.2, 0.25) is 0 Å². The predicted molar refractivity (Wildman–Crippen MR) is 51.4 cm³/mol. The highest BCUT2D eigenvalue weighted by Gasteiger charge is 2.40. The van der Waals surface area contributed by atoms with E-state index in [1.165, 1.54) is 0 Å². The molecule has 2 rings (SSSR count). The lowest BCUT2D eigenvalue weighted by Gasteiger charge is -2.16. The van der Waals surface area contributed by atoms with Crippen molar-refractivity contribution in [2.24, 2.45) is 0 Å². The Morgan fingerprint density at radius 3 is 1.92 bits per heavy atom. The van der Waals surface area contributed by atoms with Gasteiger partial charge in [0.15, 0.2) is 5.79 Å². The fourth-order valence-electron chi connectivity index (χ4n) is 2.15. The van der Waals surface area contributed by atoms with Crippen molar-refractivity contribution in [1.29, 1.82) is 0 Å². The summed E-state index contributed by atoms with van der Waals surface area (Å²) in [6, 6.07) is 0. The molecule has 0 aromatic heterocycles. The lowest BCUT2D eigenvalue weighted by Crippen LogP contribution is -2.22. The van der Waals surface area contributed by atoms with Crippen molar-refractivity contribution in [3.05, 3.63) is 12.2 Å². The van der Waals surface area contributed by atoms with Crippen LogP contribution in [0.4, 0.5) is 0 Å². The maximum Gasteiger partial charge on any atom is 0.163 e. The predicted octanol–water partition coefficient (Wildman–Crippen LogP) is 2.64. The SMILES string of the molecule is CC1(C)O[C@@H]2CC/C=C\CC[C@H]2O1. The molecule has 0 amide bonds. The Bertz CT molecular complexity index is 188. The summed E-state index contributed by atoms with van der Waals surface area (Å²) in [6.45, 7) is 4.01. The summed E-state index contributed by atoms with van der Waals surface area (Å²) in [6.07, 6.45) is 9.60. The van der Waals surface area contributed by atoms with E-state index in [-0.39, 0.29) is 5.79 Å². The van der Waals surface area contributed by atoms with Gasteiger partial charge in [0.25, 0.3) is 0 Å². The van der Waals surface area contributed by atoms with Crippen molar-refractivity contribution in [3.63, 3.8) is 0 Å². The Kier molecular flexibility index (Phi) is 2.43. The van der Waals surface area contributed by atoms with Gasteiger partial charge in [-0.1, -0.05) is 12.2 Å². The first-order valence-corrected chi connectivity index (χ1v) is 5.18. The van der Waals surface area contributed by atoms with Crippen molar-refractivity contribution in [2.75, 3.05) is 0 Å². The number of rotatable bonds is 0. The van der Waals surface area contributed by atoms with Crippen LogP contribution in [0, 0.1) is 0 Å². The van der Waals surface area contributed by atoms with E-state index >= 15 is 0 Å². The maximum atomic E-state index is 5.83. The molecule has 0 saturated carbocycles. The van der Waals surface area contributed by atoms with E-state index in [4.69, 9.17) is 9.47 Å². The van der Waals surface area contributed by atoms with E-state index in [9.17, 15) is 0 Å². The number of hydrogen-bond acceptors (Lipinski definition) is 2. The van der Waals surface area contributed by atoms with Crippen LogP contribution in [-0.2, 0) is 9.47 Å². The lowest BCUT2D eigenvalue weighted by atomic mass is 10.0. The molecule has 0 N–H and O–H groups in total. The van der Waals surface area contributed by atoms with E-state index < -0.39 is 0 Å². The molecule has 0 bridgehead atoms. The lowest BCUT2D eigenvalue weighted by molar-refractivity contribution is -0.146. The second kappa shape index (κ2) is 3.43. The zero-order valence-corrected chi connectivity index (χ0v) is 8.45. The Morgan fingerprint density at radius 1 is 1.00 bits per heavy atom. The summed E-state index contributed by atoms with van der Waals surface area (Å²) in [7, 11) is 0. The van der Waals surface area contributed by atoms with Crippen LogP contribution in [0.1, 0.15) is 39.5 Å². The molecule has 2 aliphatic rings. The molecule has 2 nitrogen and oxygen atoms in total. The molecule has 1 fully saturated rings. The molecule has 0 spiro atoms. The molecule has 1 saturated heterocycles. The molecule has 0 unspecified atom stereocenters. The number of ether oxygens (including phenoxy) is 2. The maximum absolute atomic E-state index is 5.83. The summed E-state index contributed by atoms with van der Waals surface area (Å²) in [5.74, 6) is -0.361. The van der Waals surface area contributed by atoms with Crippen molar-refractivity contribution in [1.82, 2.24) is 0 Å². The molecule has 1 aliphatic heterocycles. The molecule has 0 aromatic carbocycles. The van der Waals surface area contributed by atoms with Crippen LogP contribution in [0.25, 0.3) is 0 Å². The standard InChI is InChI=1S/C11H18O2/c1-11(2)12-9-7-5-3-4-6-8-10(9)13-11/h3-4,9-10H,5-8H2,1-2H3/b4-3-/t9-,10-/m1/s1. The normalized spacial score (nSPS) is 40.5. The monoisotopic (exact) mass is 182 g/mol. The summed E-state index contributed by atoms with van der Waals surface area (Å²) in [5, 5.41) is 0. The first-order chi connectivity index (χ1) is 6.17. The first kappa shape index (κ1) is 9.22. The van der Waals surface area contributed by atoms with Gasteiger partial charge >= 0.3 is 0 Å². The van der Waals surface area contributed by atoms with Gasteiger partial charge in [-0.3, -0.25) is 0 Å². The van der Waals surface area contributed by atoms with Gasteiger partial charge in [0, 0.05) is 0 Å². The van der Waals surface area contributed by atoms with E-state index in [0.29, 0.717) is 12.2 Å². The molecule has 13 heavy (non-hydrogen) atoms.